The van der Waals surface area contributed by atoms with Gasteiger partial charge in [-0.05, 0) is 32.8 Å². The first-order valence-electron chi connectivity index (χ1n) is 5.94. The maximum atomic E-state index is 10.3. The third-order valence-corrected chi connectivity index (χ3v) is 3.26. The zero-order chi connectivity index (χ0) is 11.7. The number of aryl methyl sites for hydroxylation is 2. The Kier molecular flexibility index (Phi) is 3.31. The number of aliphatic hydroxyl groups is 1. The third-order valence-electron chi connectivity index (χ3n) is 3.26. The van der Waals surface area contributed by atoms with E-state index in [-0.39, 0.29) is 18.1 Å². The molecule has 0 radical (unpaired) electrons. The van der Waals surface area contributed by atoms with Crippen LogP contribution >= 0.6 is 0 Å². The van der Waals surface area contributed by atoms with E-state index in [4.69, 9.17) is 4.74 Å². The van der Waals surface area contributed by atoms with Gasteiger partial charge in [0.05, 0.1) is 18.8 Å². The van der Waals surface area contributed by atoms with Gasteiger partial charge in [-0.2, -0.15) is 0 Å². The standard InChI is InChI=1S/C14H20O2/c1-9-4-10(2)6-12(5-9)14(15)13-7-11(3)16-8-13/h4-6,11,13-15H,7-8H2,1-3H3. The Morgan fingerprint density at radius 1 is 1.25 bits per heavy atom. The normalized spacial score (nSPS) is 27.0. The molecule has 2 rings (SSSR count). The number of hydrogen-bond donors (Lipinski definition) is 1. The van der Waals surface area contributed by atoms with E-state index in [2.05, 4.69) is 39.0 Å². The van der Waals surface area contributed by atoms with Crippen LogP contribution in [-0.2, 0) is 4.74 Å². The predicted molar refractivity (Wildman–Crippen MR) is 64.4 cm³/mol. The van der Waals surface area contributed by atoms with Gasteiger partial charge in [0.1, 0.15) is 0 Å². The molecule has 16 heavy (non-hydrogen) atoms. The van der Waals surface area contributed by atoms with Crippen molar-refractivity contribution in [2.24, 2.45) is 5.92 Å². The first-order valence-corrected chi connectivity index (χ1v) is 5.94. The Hall–Kier alpha value is -0.860. The van der Waals surface area contributed by atoms with Crippen molar-refractivity contribution in [1.29, 1.82) is 0 Å². The summed E-state index contributed by atoms with van der Waals surface area (Å²) in [6, 6.07) is 6.27. The van der Waals surface area contributed by atoms with Gasteiger partial charge in [0, 0.05) is 5.92 Å². The predicted octanol–water partition coefficient (Wildman–Crippen LogP) is 2.76. The lowest BCUT2D eigenvalue weighted by molar-refractivity contribution is 0.0803. The van der Waals surface area contributed by atoms with Crippen LogP contribution in [0.1, 0.15) is 36.1 Å². The van der Waals surface area contributed by atoms with Gasteiger partial charge >= 0.3 is 0 Å². The Bertz CT molecular complexity index is 353. The molecule has 0 amide bonds. The molecule has 1 N–H and O–H groups in total. The third kappa shape index (κ3) is 2.45. The van der Waals surface area contributed by atoms with E-state index in [1.165, 1.54) is 11.1 Å². The molecule has 0 bridgehead atoms. The van der Waals surface area contributed by atoms with Crippen LogP contribution in [0.5, 0.6) is 0 Å². The van der Waals surface area contributed by atoms with Crippen LogP contribution in [0.3, 0.4) is 0 Å². The molecular formula is C14H20O2. The Labute approximate surface area is 97.3 Å². The summed E-state index contributed by atoms with van der Waals surface area (Å²) in [6.07, 6.45) is 0.850. The number of ether oxygens (including phenoxy) is 1. The van der Waals surface area contributed by atoms with Crippen molar-refractivity contribution in [3.63, 3.8) is 0 Å². The number of rotatable bonds is 2. The molecule has 0 aromatic heterocycles. The van der Waals surface area contributed by atoms with Crippen LogP contribution < -0.4 is 0 Å². The van der Waals surface area contributed by atoms with Gasteiger partial charge in [-0.15, -0.1) is 0 Å². The lowest BCUT2D eigenvalue weighted by Gasteiger charge is -2.18. The summed E-state index contributed by atoms with van der Waals surface area (Å²) < 4.78 is 5.51. The highest BCUT2D eigenvalue weighted by Crippen LogP contribution is 2.32. The fraction of sp³-hybridized carbons (Fsp3) is 0.571. The summed E-state index contributed by atoms with van der Waals surface area (Å²) >= 11 is 0. The lowest BCUT2D eigenvalue weighted by atomic mass is 9.92. The van der Waals surface area contributed by atoms with Gasteiger partial charge in [0.25, 0.3) is 0 Å². The highest BCUT2D eigenvalue weighted by Gasteiger charge is 2.29. The zero-order valence-electron chi connectivity index (χ0n) is 10.2. The molecule has 88 valence electrons. The van der Waals surface area contributed by atoms with Gasteiger partial charge in [-0.1, -0.05) is 29.3 Å². The van der Waals surface area contributed by atoms with Crippen molar-refractivity contribution in [3.05, 3.63) is 34.9 Å². The summed E-state index contributed by atoms with van der Waals surface area (Å²) in [7, 11) is 0. The van der Waals surface area contributed by atoms with Crippen LogP contribution in [0.4, 0.5) is 0 Å². The molecule has 3 atom stereocenters. The molecule has 1 aliphatic rings. The summed E-state index contributed by atoms with van der Waals surface area (Å²) in [5.74, 6) is 0.246. The first kappa shape index (κ1) is 11.6. The molecule has 1 saturated heterocycles. The topological polar surface area (TPSA) is 29.5 Å². The highest BCUT2D eigenvalue weighted by atomic mass is 16.5. The molecule has 1 fully saturated rings. The van der Waals surface area contributed by atoms with Crippen LogP contribution in [0.2, 0.25) is 0 Å². The maximum Gasteiger partial charge on any atom is 0.0841 e. The van der Waals surface area contributed by atoms with Crippen molar-refractivity contribution in [1.82, 2.24) is 0 Å². The molecule has 1 aromatic carbocycles. The molecule has 0 aliphatic carbocycles. The average Bonchev–Trinajstić information content (AvgIpc) is 2.62. The molecule has 0 saturated carbocycles. The molecule has 2 heteroatoms. The second-order valence-electron chi connectivity index (χ2n) is 5.01. The molecule has 1 heterocycles. The number of benzene rings is 1. The largest absolute Gasteiger partial charge is 0.388 e. The number of aliphatic hydroxyl groups excluding tert-OH is 1. The molecule has 2 nitrogen and oxygen atoms in total. The maximum absolute atomic E-state index is 10.3. The Balaban J connectivity index is 2.17. The second-order valence-corrected chi connectivity index (χ2v) is 5.01. The van der Waals surface area contributed by atoms with Gasteiger partial charge in [0.2, 0.25) is 0 Å². The summed E-state index contributed by atoms with van der Waals surface area (Å²) in [4.78, 5) is 0. The van der Waals surface area contributed by atoms with Gasteiger partial charge in [-0.3, -0.25) is 0 Å². The highest BCUT2D eigenvalue weighted by molar-refractivity contribution is 5.30. The summed E-state index contributed by atoms with van der Waals surface area (Å²) in [5.41, 5.74) is 3.45. The van der Waals surface area contributed by atoms with E-state index in [1.54, 1.807) is 0 Å². The van der Waals surface area contributed by atoms with Crippen LogP contribution in [0, 0.1) is 19.8 Å². The molecule has 3 unspecified atom stereocenters. The van der Waals surface area contributed by atoms with E-state index in [0.29, 0.717) is 6.61 Å². The zero-order valence-corrected chi connectivity index (χ0v) is 10.2. The average molecular weight is 220 g/mol. The second kappa shape index (κ2) is 4.56. The minimum atomic E-state index is -0.386. The quantitative estimate of drug-likeness (QED) is 0.830. The van der Waals surface area contributed by atoms with Gasteiger partial charge < -0.3 is 9.84 Å². The van der Waals surface area contributed by atoms with Gasteiger partial charge in [-0.25, -0.2) is 0 Å². The molecule has 1 aromatic rings. The molecule has 0 spiro atoms. The van der Waals surface area contributed by atoms with Crippen LogP contribution in [-0.4, -0.2) is 17.8 Å². The van der Waals surface area contributed by atoms with Crippen molar-refractivity contribution in [2.45, 2.75) is 39.4 Å². The van der Waals surface area contributed by atoms with Crippen molar-refractivity contribution in [3.8, 4) is 0 Å². The summed E-state index contributed by atoms with van der Waals surface area (Å²) in [6.45, 7) is 6.87. The number of hydrogen-bond acceptors (Lipinski definition) is 2. The molecular weight excluding hydrogens is 200 g/mol. The Morgan fingerprint density at radius 2 is 1.88 bits per heavy atom. The van der Waals surface area contributed by atoms with E-state index >= 15 is 0 Å². The first-order chi connectivity index (χ1) is 7.56. The van der Waals surface area contributed by atoms with Gasteiger partial charge in [0.15, 0.2) is 0 Å². The summed E-state index contributed by atoms with van der Waals surface area (Å²) in [5, 5.41) is 10.3. The van der Waals surface area contributed by atoms with Crippen molar-refractivity contribution in [2.75, 3.05) is 6.61 Å². The smallest absolute Gasteiger partial charge is 0.0841 e. The van der Waals surface area contributed by atoms with E-state index in [1.807, 2.05) is 0 Å². The SMILES string of the molecule is Cc1cc(C)cc(C(O)C2COC(C)C2)c1. The Morgan fingerprint density at radius 3 is 2.38 bits per heavy atom. The minimum absolute atomic E-state index is 0.246. The monoisotopic (exact) mass is 220 g/mol. The van der Waals surface area contributed by atoms with Crippen molar-refractivity contribution >= 4 is 0 Å². The molecule has 1 aliphatic heterocycles. The lowest BCUT2D eigenvalue weighted by Crippen LogP contribution is -2.13. The van der Waals surface area contributed by atoms with Crippen molar-refractivity contribution < 1.29 is 9.84 Å². The van der Waals surface area contributed by atoms with Crippen LogP contribution in [0.25, 0.3) is 0 Å². The fourth-order valence-electron chi connectivity index (χ4n) is 2.52. The fourth-order valence-corrected chi connectivity index (χ4v) is 2.52. The van der Waals surface area contributed by atoms with E-state index < -0.39 is 0 Å². The van der Waals surface area contributed by atoms with E-state index in [0.717, 1.165) is 12.0 Å². The van der Waals surface area contributed by atoms with Crippen LogP contribution in [0.15, 0.2) is 18.2 Å². The minimum Gasteiger partial charge on any atom is -0.388 e. The van der Waals surface area contributed by atoms with E-state index in [9.17, 15) is 5.11 Å².